The fourth-order valence-electron chi connectivity index (χ4n) is 7.66. The Labute approximate surface area is 292 Å². The summed E-state index contributed by atoms with van der Waals surface area (Å²) >= 11 is 0. The molecule has 0 spiro atoms. The first-order chi connectivity index (χ1) is 25.2. The van der Waals surface area contributed by atoms with E-state index in [0.29, 0.717) is 0 Å². The van der Waals surface area contributed by atoms with E-state index in [-0.39, 0.29) is 0 Å². The highest BCUT2D eigenvalue weighted by atomic mass is 16.3. The summed E-state index contributed by atoms with van der Waals surface area (Å²) in [4.78, 5) is 7.11. The van der Waals surface area contributed by atoms with Crippen LogP contribution in [0.1, 0.15) is 0 Å². The summed E-state index contributed by atoms with van der Waals surface area (Å²) in [5, 5.41) is 11.4. The van der Waals surface area contributed by atoms with Crippen molar-refractivity contribution >= 4 is 93.3 Å². The van der Waals surface area contributed by atoms with Crippen molar-refractivity contribution in [3.63, 3.8) is 0 Å². The van der Waals surface area contributed by atoms with Gasteiger partial charge in [0.15, 0.2) is 0 Å². The van der Waals surface area contributed by atoms with E-state index < -0.39 is 0 Å². The molecule has 0 saturated carbocycles. The third-order valence-electron chi connectivity index (χ3n) is 10.2. The van der Waals surface area contributed by atoms with E-state index in [1.54, 1.807) is 0 Å². The zero-order chi connectivity index (χ0) is 33.5. The maximum Gasteiger partial charge on any atom is 0.136 e. The minimum absolute atomic E-state index is 0.889. The summed E-state index contributed by atoms with van der Waals surface area (Å²) in [5.41, 5.74) is 8.76. The van der Waals surface area contributed by atoms with Crippen LogP contribution in [-0.4, -0.2) is 4.98 Å². The molecule has 4 heteroatoms. The summed E-state index contributed by atoms with van der Waals surface area (Å²) in [6, 6.07) is 57.9. The first kappa shape index (κ1) is 28.0. The van der Waals surface area contributed by atoms with Gasteiger partial charge in [0, 0.05) is 55.8 Å². The number of pyridine rings is 1. The monoisotopic (exact) mass is 652 g/mol. The fourth-order valence-corrected chi connectivity index (χ4v) is 7.66. The van der Waals surface area contributed by atoms with Gasteiger partial charge in [0.25, 0.3) is 0 Å². The Kier molecular flexibility index (Phi) is 5.92. The van der Waals surface area contributed by atoms with Crippen LogP contribution in [0.25, 0.3) is 87.5 Å². The number of fused-ring (bicyclic) bond motifs is 9. The lowest BCUT2D eigenvalue weighted by Gasteiger charge is -2.26. The maximum atomic E-state index is 6.29. The lowest BCUT2D eigenvalue weighted by atomic mass is 10.0. The summed E-state index contributed by atoms with van der Waals surface area (Å²) in [6.07, 6.45) is 1.95. The molecule has 11 rings (SSSR count). The van der Waals surface area contributed by atoms with Gasteiger partial charge in [0.05, 0.1) is 5.69 Å². The second-order valence-electron chi connectivity index (χ2n) is 13.3. The highest BCUT2D eigenvalue weighted by molar-refractivity contribution is 6.12. The summed E-state index contributed by atoms with van der Waals surface area (Å²) in [5.74, 6) is 0. The van der Waals surface area contributed by atoms with Gasteiger partial charge in [0.1, 0.15) is 22.3 Å². The molecule has 0 aliphatic rings. The Hall–Kier alpha value is -6.91. The van der Waals surface area contributed by atoms with Gasteiger partial charge in [-0.25, -0.2) is 0 Å². The van der Waals surface area contributed by atoms with Gasteiger partial charge in [-0.1, -0.05) is 84.9 Å². The number of hydrogen-bond acceptors (Lipinski definition) is 4. The zero-order valence-electron chi connectivity index (χ0n) is 27.4. The Balaban J connectivity index is 1.07. The molecule has 11 aromatic rings. The predicted octanol–water partition coefficient (Wildman–Crippen LogP) is 13.5. The molecule has 8 aromatic carbocycles. The molecule has 0 aliphatic carbocycles. The number of furan rings is 2. The topological polar surface area (TPSA) is 42.4 Å². The normalized spacial score (nSPS) is 11.9. The third-order valence-corrected chi connectivity index (χ3v) is 10.2. The van der Waals surface area contributed by atoms with E-state index in [2.05, 4.69) is 138 Å². The second-order valence-corrected chi connectivity index (χ2v) is 13.3. The number of rotatable bonds is 4. The van der Waals surface area contributed by atoms with Crippen LogP contribution in [0.4, 0.5) is 17.1 Å². The lowest BCUT2D eigenvalue weighted by molar-refractivity contribution is 0.669. The van der Waals surface area contributed by atoms with E-state index in [1.807, 2.05) is 36.5 Å². The molecule has 0 bridgehead atoms. The molecule has 3 heterocycles. The van der Waals surface area contributed by atoms with Crippen molar-refractivity contribution in [2.75, 3.05) is 4.90 Å². The Bertz CT molecular complexity index is 3000. The van der Waals surface area contributed by atoms with E-state index in [0.717, 1.165) is 88.4 Å². The number of para-hydroxylation sites is 2. The van der Waals surface area contributed by atoms with Crippen molar-refractivity contribution in [1.82, 2.24) is 4.98 Å². The van der Waals surface area contributed by atoms with Gasteiger partial charge in [-0.15, -0.1) is 0 Å². The summed E-state index contributed by atoms with van der Waals surface area (Å²) in [7, 11) is 0. The first-order valence-corrected chi connectivity index (χ1v) is 17.2. The molecule has 0 aliphatic heterocycles. The van der Waals surface area contributed by atoms with E-state index >= 15 is 0 Å². The summed E-state index contributed by atoms with van der Waals surface area (Å²) in [6.45, 7) is 0. The predicted molar refractivity (Wildman–Crippen MR) is 211 cm³/mol. The largest absolute Gasteiger partial charge is 0.456 e. The Morgan fingerprint density at radius 3 is 1.47 bits per heavy atom. The van der Waals surface area contributed by atoms with Crippen molar-refractivity contribution < 1.29 is 8.83 Å². The van der Waals surface area contributed by atoms with Crippen LogP contribution in [0.3, 0.4) is 0 Å². The van der Waals surface area contributed by atoms with Gasteiger partial charge in [-0.3, -0.25) is 4.98 Å². The molecule has 3 aromatic heterocycles. The number of benzene rings is 8. The standard InChI is InChI=1S/C47H28N2O2/c1-2-8-33-28-48-43(25-30(33)7-1)29-13-17-36(18-14-29)49(37-19-15-31-23-41-39-9-3-5-11-44(39)50-46(41)26-34(31)21-37)38-20-16-32-24-42-40-10-4-6-12-45(40)51-47(42)27-35(32)22-38/h1-28H. The van der Waals surface area contributed by atoms with Crippen LogP contribution in [0.15, 0.2) is 179 Å². The number of anilines is 3. The van der Waals surface area contributed by atoms with Crippen molar-refractivity contribution in [2.45, 2.75) is 0 Å². The third kappa shape index (κ3) is 4.50. The molecule has 4 nitrogen and oxygen atoms in total. The minimum atomic E-state index is 0.889. The van der Waals surface area contributed by atoms with Gasteiger partial charge >= 0.3 is 0 Å². The highest BCUT2D eigenvalue weighted by Crippen LogP contribution is 2.41. The van der Waals surface area contributed by atoms with Gasteiger partial charge in [-0.05, 0) is 106 Å². The Morgan fingerprint density at radius 2 is 0.863 bits per heavy atom. The quantitative estimate of drug-likeness (QED) is 0.190. The fraction of sp³-hybridized carbons (Fsp3) is 0. The molecule has 0 radical (unpaired) electrons. The molecular formula is C47H28N2O2. The van der Waals surface area contributed by atoms with Crippen molar-refractivity contribution in [3.8, 4) is 11.3 Å². The molecule has 0 atom stereocenters. The molecule has 0 fully saturated rings. The molecule has 0 unspecified atom stereocenters. The molecule has 238 valence electrons. The average molecular weight is 653 g/mol. The van der Waals surface area contributed by atoms with E-state index in [4.69, 9.17) is 13.8 Å². The lowest BCUT2D eigenvalue weighted by Crippen LogP contribution is -2.10. The SMILES string of the molecule is c1ccc2cc(-c3ccc(N(c4ccc5cc6c(cc5c4)oc4ccccc46)c4ccc5cc6c(cc5c4)oc4ccccc46)cc3)ncc2c1. The molecule has 0 saturated heterocycles. The van der Waals surface area contributed by atoms with Crippen molar-refractivity contribution in [1.29, 1.82) is 0 Å². The van der Waals surface area contributed by atoms with Gasteiger partial charge in [-0.2, -0.15) is 0 Å². The van der Waals surface area contributed by atoms with E-state index in [9.17, 15) is 0 Å². The van der Waals surface area contributed by atoms with Gasteiger partial charge < -0.3 is 13.7 Å². The van der Waals surface area contributed by atoms with Crippen LogP contribution < -0.4 is 4.90 Å². The Morgan fingerprint density at radius 1 is 0.353 bits per heavy atom. The minimum Gasteiger partial charge on any atom is -0.456 e. The average Bonchev–Trinajstić information content (AvgIpc) is 3.73. The second kappa shape index (κ2) is 10.8. The summed E-state index contributed by atoms with van der Waals surface area (Å²) < 4.78 is 12.6. The highest BCUT2D eigenvalue weighted by Gasteiger charge is 2.17. The smallest absolute Gasteiger partial charge is 0.136 e. The number of hydrogen-bond donors (Lipinski definition) is 0. The van der Waals surface area contributed by atoms with Gasteiger partial charge in [0.2, 0.25) is 0 Å². The maximum absolute atomic E-state index is 6.29. The number of aromatic nitrogens is 1. The van der Waals surface area contributed by atoms with Crippen molar-refractivity contribution in [2.24, 2.45) is 0 Å². The van der Waals surface area contributed by atoms with Crippen LogP contribution in [0.2, 0.25) is 0 Å². The molecule has 0 N–H and O–H groups in total. The van der Waals surface area contributed by atoms with Crippen LogP contribution in [-0.2, 0) is 0 Å². The van der Waals surface area contributed by atoms with Crippen molar-refractivity contribution in [3.05, 3.63) is 170 Å². The molecule has 0 amide bonds. The van der Waals surface area contributed by atoms with Crippen LogP contribution >= 0.6 is 0 Å². The van der Waals surface area contributed by atoms with Crippen LogP contribution in [0.5, 0.6) is 0 Å². The van der Waals surface area contributed by atoms with E-state index in [1.165, 1.54) is 16.2 Å². The van der Waals surface area contributed by atoms with Crippen LogP contribution in [0, 0.1) is 0 Å². The molecule has 51 heavy (non-hydrogen) atoms. The molecular weight excluding hydrogens is 625 g/mol. The first-order valence-electron chi connectivity index (χ1n) is 17.2. The zero-order valence-corrected chi connectivity index (χ0v) is 27.4. The number of nitrogens with zero attached hydrogens (tertiary/aromatic N) is 2.